The molecule has 3 atom stereocenters. The molecule has 2 aliphatic carbocycles. The topological polar surface area (TPSA) is 18.5 Å². The lowest BCUT2D eigenvalue weighted by Crippen LogP contribution is -2.37. The first-order valence-corrected chi connectivity index (χ1v) is 5.93. The molecule has 0 aromatic carbocycles. The van der Waals surface area contributed by atoms with Crippen molar-refractivity contribution in [2.24, 2.45) is 16.7 Å². The standard InChI is InChI=1S/C12H19ClO2/c1-8(13)14-15-10-7-9-5-6-12(10,4)11(9,2)3/h9-10H,1,5-7H2,2-4H3. The van der Waals surface area contributed by atoms with E-state index in [0.717, 1.165) is 12.3 Å². The van der Waals surface area contributed by atoms with E-state index in [2.05, 4.69) is 27.4 Å². The van der Waals surface area contributed by atoms with Gasteiger partial charge in [0.05, 0.1) is 0 Å². The second-order valence-electron chi connectivity index (χ2n) is 5.63. The Bertz CT molecular complexity index is 287. The molecule has 2 fully saturated rings. The van der Waals surface area contributed by atoms with E-state index >= 15 is 0 Å². The van der Waals surface area contributed by atoms with Gasteiger partial charge in [-0.1, -0.05) is 20.8 Å². The average molecular weight is 231 g/mol. The van der Waals surface area contributed by atoms with Crippen LogP contribution in [0.1, 0.15) is 40.0 Å². The molecule has 86 valence electrons. The van der Waals surface area contributed by atoms with Crippen LogP contribution in [0.15, 0.2) is 11.8 Å². The summed E-state index contributed by atoms with van der Waals surface area (Å²) in [5.41, 5.74) is 0.554. The third-order valence-electron chi connectivity index (χ3n) is 4.97. The maximum Gasteiger partial charge on any atom is 0.224 e. The van der Waals surface area contributed by atoms with E-state index < -0.39 is 0 Å². The van der Waals surface area contributed by atoms with Crippen molar-refractivity contribution in [2.75, 3.05) is 0 Å². The van der Waals surface area contributed by atoms with Gasteiger partial charge in [0.15, 0.2) is 0 Å². The van der Waals surface area contributed by atoms with Crippen LogP contribution in [0, 0.1) is 16.7 Å². The normalized spacial score (nSPS) is 41.9. The van der Waals surface area contributed by atoms with Crippen LogP contribution in [0.2, 0.25) is 0 Å². The molecule has 0 N–H and O–H groups in total. The van der Waals surface area contributed by atoms with Crippen molar-refractivity contribution < 1.29 is 9.78 Å². The number of halogens is 1. The summed E-state index contributed by atoms with van der Waals surface area (Å²) in [6.45, 7) is 10.4. The minimum atomic E-state index is 0.110. The van der Waals surface area contributed by atoms with E-state index in [-0.39, 0.29) is 16.7 Å². The van der Waals surface area contributed by atoms with E-state index in [0.29, 0.717) is 5.41 Å². The molecule has 0 aromatic rings. The largest absolute Gasteiger partial charge is 0.325 e. The lowest BCUT2D eigenvalue weighted by atomic mass is 9.70. The summed E-state index contributed by atoms with van der Waals surface area (Å²) in [7, 11) is 0. The van der Waals surface area contributed by atoms with Gasteiger partial charge in [0.2, 0.25) is 5.22 Å². The second kappa shape index (κ2) is 3.39. The SMILES string of the molecule is C=C(Cl)OOC1CC2CCC1(C)C2(C)C. The van der Waals surface area contributed by atoms with Crippen LogP contribution in [0.5, 0.6) is 0 Å². The Balaban J connectivity index is 2.09. The van der Waals surface area contributed by atoms with Gasteiger partial charge >= 0.3 is 0 Å². The Morgan fingerprint density at radius 2 is 2.07 bits per heavy atom. The van der Waals surface area contributed by atoms with Gasteiger partial charge in [-0.2, -0.15) is 4.89 Å². The quantitative estimate of drug-likeness (QED) is 0.417. The molecule has 0 aromatic heterocycles. The highest BCUT2D eigenvalue weighted by atomic mass is 35.5. The Hall–Kier alpha value is -0.210. The monoisotopic (exact) mass is 230 g/mol. The molecule has 0 spiro atoms. The molecule has 2 saturated carbocycles. The summed E-state index contributed by atoms with van der Waals surface area (Å²) in [6.07, 6.45) is 3.76. The molecule has 0 amide bonds. The van der Waals surface area contributed by atoms with Crippen molar-refractivity contribution in [3.8, 4) is 0 Å². The number of rotatable bonds is 3. The van der Waals surface area contributed by atoms with Crippen molar-refractivity contribution in [1.29, 1.82) is 0 Å². The minimum Gasteiger partial charge on any atom is -0.325 e. The second-order valence-corrected chi connectivity index (χ2v) is 6.06. The molecule has 0 saturated heterocycles. The van der Waals surface area contributed by atoms with Crippen LogP contribution in [0.25, 0.3) is 0 Å². The maximum absolute atomic E-state index is 5.53. The number of fused-ring (bicyclic) bond motifs is 2. The summed E-state index contributed by atoms with van der Waals surface area (Å²) < 4.78 is 0. The molecular weight excluding hydrogens is 212 g/mol. The molecule has 0 radical (unpaired) electrons. The highest BCUT2D eigenvalue weighted by molar-refractivity contribution is 6.27. The smallest absolute Gasteiger partial charge is 0.224 e. The number of hydrogen-bond donors (Lipinski definition) is 0. The van der Waals surface area contributed by atoms with Crippen LogP contribution in [0.3, 0.4) is 0 Å². The van der Waals surface area contributed by atoms with Gasteiger partial charge < -0.3 is 4.89 Å². The Kier molecular flexibility index (Phi) is 2.55. The highest BCUT2D eigenvalue weighted by Crippen LogP contribution is 2.66. The van der Waals surface area contributed by atoms with Crippen molar-refractivity contribution in [3.05, 3.63) is 11.8 Å². The zero-order valence-electron chi connectivity index (χ0n) is 9.68. The lowest BCUT2D eigenvalue weighted by molar-refractivity contribution is -0.311. The molecular formula is C12H19ClO2. The molecule has 0 heterocycles. The van der Waals surface area contributed by atoms with Crippen molar-refractivity contribution in [1.82, 2.24) is 0 Å². The summed E-state index contributed by atoms with van der Waals surface area (Å²) >= 11 is 5.53. The Morgan fingerprint density at radius 1 is 1.40 bits per heavy atom. The first kappa shape index (κ1) is 11.3. The molecule has 15 heavy (non-hydrogen) atoms. The summed E-state index contributed by atoms with van der Waals surface area (Å²) in [6, 6.07) is 0. The molecule has 3 heteroatoms. The number of hydrogen-bond acceptors (Lipinski definition) is 2. The van der Waals surface area contributed by atoms with Crippen LogP contribution >= 0.6 is 11.6 Å². The molecule has 0 aliphatic heterocycles. The predicted octanol–water partition coefficient (Wildman–Crippen LogP) is 3.86. The van der Waals surface area contributed by atoms with E-state index in [1.807, 2.05) is 0 Å². The van der Waals surface area contributed by atoms with Gasteiger partial charge in [0.1, 0.15) is 6.10 Å². The molecule has 2 aliphatic rings. The van der Waals surface area contributed by atoms with Gasteiger partial charge in [0.25, 0.3) is 0 Å². The van der Waals surface area contributed by atoms with E-state index in [9.17, 15) is 0 Å². The lowest BCUT2D eigenvalue weighted by Gasteiger charge is -2.37. The third-order valence-corrected chi connectivity index (χ3v) is 5.03. The minimum absolute atomic E-state index is 0.110. The van der Waals surface area contributed by atoms with Crippen LogP contribution in [-0.4, -0.2) is 6.10 Å². The fraction of sp³-hybridized carbons (Fsp3) is 0.833. The first-order valence-electron chi connectivity index (χ1n) is 5.55. The fourth-order valence-electron chi connectivity index (χ4n) is 3.39. The fourth-order valence-corrected chi connectivity index (χ4v) is 3.42. The molecule has 2 bridgehead atoms. The molecule has 2 nitrogen and oxygen atoms in total. The van der Waals surface area contributed by atoms with Crippen molar-refractivity contribution in [3.63, 3.8) is 0 Å². The summed E-state index contributed by atoms with van der Waals surface area (Å²) in [5, 5.41) is 0.110. The zero-order chi connectivity index (χ0) is 11.3. The van der Waals surface area contributed by atoms with E-state index in [1.54, 1.807) is 0 Å². The highest BCUT2D eigenvalue weighted by Gasteiger charge is 2.62. The maximum atomic E-state index is 5.53. The predicted molar refractivity (Wildman–Crippen MR) is 60.2 cm³/mol. The summed E-state index contributed by atoms with van der Waals surface area (Å²) in [4.78, 5) is 10.3. The van der Waals surface area contributed by atoms with Gasteiger partial charge in [-0.25, -0.2) is 0 Å². The van der Waals surface area contributed by atoms with Crippen LogP contribution in [0.4, 0.5) is 0 Å². The molecule has 3 unspecified atom stereocenters. The van der Waals surface area contributed by atoms with Crippen LogP contribution in [-0.2, 0) is 9.78 Å². The van der Waals surface area contributed by atoms with Gasteiger partial charge in [-0.3, -0.25) is 0 Å². The Labute approximate surface area is 96.5 Å². The third kappa shape index (κ3) is 1.50. The molecule has 2 rings (SSSR count). The zero-order valence-corrected chi connectivity index (χ0v) is 10.4. The van der Waals surface area contributed by atoms with Gasteiger partial charge in [-0.15, -0.1) is 0 Å². The van der Waals surface area contributed by atoms with Crippen LogP contribution < -0.4 is 0 Å². The Morgan fingerprint density at radius 3 is 2.47 bits per heavy atom. The van der Waals surface area contributed by atoms with E-state index in [4.69, 9.17) is 21.4 Å². The van der Waals surface area contributed by atoms with Gasteiger partial charge in [-0.05, 0) is 48.8 Å². The van der Waals surface area contributed by atoms with Crippen molar-refractivity contribution in [2.45, 2.75) is 46.1 Å². The summed E-state index contributed by atoms with van der Waals surface area (Å²) in [5.74, 6) is 0.750. The van der Waals surface area contributed by atoms with Gasteiger partial charge in [0, 0.05) is 5.41 Å². The van der Waals surface area contributed by atoms with Crippen molar-refractivity contribution >= 4 is 11.6 Å². The average Bonchev–Trinajstić information content (AvgIpc) is 2.46. The first-order chi connectivity index (χ1) is 6.88. The van der Waals surface area contributed by atoms with E-state index in [1.165, 1.54) is 12.8 Å².